The number of methoxy groups -OCH3 is 1. The third-order valence-corrected chi connectivity index (χ3v) is 3.74. The zero-order chi connectivity index (χ0) is 15.9. The molecule has 1 saturated heterocycles. The maximum atomic E-state index is 11.6. The average molecular weight is 343 g/mol. The molecule has 1 heterocycles. The molecule has 1 atom stereocenters. The molecule has 1 unspecified atom stereocenters. The van der Waals surface area contributed by atoms with Gasteiger partial charge < -0.3 is 15.8 Å². The predicted molar refractivity (Wildman–Crippen MR) is 89.8 cm³/mol. The van der Waals surface area contributed by atoms with Gasteiger partial charge in [-0.05, 0) is 6.07 Å². The highest BCUT2D eigenvalue weighted by Crippen LogP contribution is 2.30. The predicted octanol–water partition coefficient (Wildman–Crippen LogP) is 0.648. The van der Waals surface area contributed by atoms with Crippen LogP contribution in [0.3, 0.4) is 0 Å². The van der Waals surface area contributed by atoms with Crippen LogP contribution >= 0.6 is 12.4 Å². The third-order valence-electron chi connectivity index (χ3n) is 3.74. The Morgan fingerprint density at radius 2 is 2.17 bits per heavy atom. The fourth-order valence-corrected chi connectivity index (χ4v) is 2.71. The second-order valence-electron chi connectivity index (χ2n) is 5.16. The normalized spacial score (nSPS) is 17.9. The summed E-state index contributed by atoms with van der Waals surface area (Å²) in [5.74, 6) is 0.479. The fourth-order valence-electron chi connectivity index (χ4n) is 2.71. The Hall–Kier alpha value is -1.83. The summed E-state index contributed by atoms with van der Waals surface area (Å²) in [7, 11) is 1.65. The van der Waals surface area contributed by atoms with Crippen molar-refractivity contribution in [1.82, 2.24) is 15.5 Å². The van der Waals surface area contributed by atoms with E-state index < -0.39 is 6.03 Å². The number of nitrogens with one attached hydrogen (secondary N) is 2. The lowest BCUT2D eigenvalue weighted by Crippen LogP contribution is -2.47. The van der Waals surface area contributed by atoms with Crippen LogP contribution in [0.15, 0.2) is 24.3 Å². The minimum atomic E-state index is -0.813. The third kappa shape index (κ3) is 5.38. The number of carbonyl (C=O) groups is 2. The molecule has 1 aliphatic heterocycles. The van der Waals surface area contributed by atoms with E-state index >= 15 is 0 Å². The number of amides is 3. The molecule has 8 heteroatoms. The lowest BCUT2D eigenvalue weighted by molar-refractivity contribution is -0.120. The lowest BCUT2D eigenvalue weighted by atomic mass is 10.0. The van der Waals surface area contributed by atoms with E-state index in [1.165, 1.54) is 0 Å². The van der Waals surface area contributed by atoms with Crippen molar-refractivity contribution < 1.29 is 14.3 Å². The highest BCUT2D eigenvalue weighted by atomic mass is 35.5. The number of para-hydroxylation sites is 1. The molecule has 1 aromatic carbocycles. The number of carbonyl (C=O) groups excluding carboxylic acids is 2. The molecule has 0 aromatic heterocycles. The van der Waals surface area contributed by atoms with Gasteiger partial charge in [0.2, 0.25) is 5.91 Å². The van der Waals surface area contributed by atoms with Crippen LogP contribution in [-0.4, -0.2) is 50.1 Å². The molecule has 128 valence electrons. The number of piperazine rings is 1. The smallest absolute Gasteiger partial charge is 0.318 e. The van der Waals surface area contributed by atoms with Gasteiger partial charge in [-0.15, -0.1) is 12.4 Å². The van der Waals surface area contributed by atoms with Crippen molar-refractivity contribution in [2.45, 2.75) is 12.5 Å². The molecule has 2 rings (SSSR count). The Kier molecular flexibility index (Phi) is 7.80. The van der Waals surface area contributed by atoms with Gasteiger partial charge in [0.05, 0.1) is 13.2 Å². The van der Waals surface area contributed by atoms with Crippen molar-refractivity contribution in [2.24, 2.45) is 5.73 Å². The van der Waals surface area contributed by atoms with E-state index in [0.29, 0.717) is 6.54 Å². The number of primary amides is 1. The van der Waals surface area contributed by atoms with Gasteiger partial charge in [-0.1, -0.05) is 18.2 Å². The van der Waals surface area contributed by atoms with Gasteiger partial charge in [0.1, 0.15) is 5.75 Å². The van der Waals surface area contributed by atoms with Gasteiger partial charge in [-0.2, -0.15) is 0 Å². The van der Waals surface area contributed by atoms with E-state index in [-0.39, 0.29) is 30.8 Å². The standard InChI is InChI=1S/C15H22N4O3.ClH/c1-22-13-5-3-2-4-11(13)12-10-17-7-9-19(12)8-6-14(20)18-15(16)21;/h2-5,12,17H,6-10H2,1H3,(H3,16,18,20,21);1H. The van der Waals surface area contributed by atoms with Crippen LogP contribution in [0.1, 0.15) is 18.0 Å². The summed E-state index contributed by atoms with van der Waals surface area (Å²) in [6.45, 7) is 3.04. The maximum absolute atomic E-state index is 11.6. The molecule has 1 aliphatic rings. The number of rotatable bonds is 5. The first-order valence-electron chi connectivity index (χ1n) is 7.28. The number of nitrogens with zero attached hydrogens (tertiary/aromatic N) is 1. The van der Waals surface area contributed by atoms with Crippen molar-refractivity contribution in [2.75, 3.05) is 33.3 Å². The number of imide groups is 1. The monoisotopic (exact) mass is 342 g/mol. The summed E-state index contributed by atoms with van der Waals surface area (Å²) in [4.78, 5) is 24.5. The van der Waals surface area contributed by atoms with E-state index in [1.54, 1.807) is 7.11 Å². The van der Waals surface area contributed by atoms with Crippen LogP contribution in [-0.2, 0) is 4.79 Å². The summed E-state index contributed by atoms with van der Waals surface area (Å²) >= 11 is 0. The van der Waals surface area contributed by atoms with Gasteiger partial charge in [-0.25, -0.2) is 4.79 Å². The zero-order valence-electron chi connectivity index (χ0n) is 13.1. The van der Waals surface area contributed by atoms with Crippen LogP contribution in [0.25, 0.3) is 0 Å². The summed E-state index contributed by atoms with van der Waals surface area (Å²) < 4.78 is 5.43. The number of urea groups is 1. The lowest BCUT2D eigenvalue weighted by Gasteiger charge is -2.36. The van der Waals surface area contributed by atoms with Crippen molar-refractivity contribution in [3.8, 4) is 5.75 Å². The Morgan fingerprint density at radius 1 is 1.43 bits per heavy atom. The topological polar surface area (TPSA) is 96.7 Å². The molecule has 1 aromatic rings. The molecule has 4 N–H and O–H groups in total. The quantitative estimate of drug-likeness (QED) is 0.730. The molecule has 0 radical (unpaired) electrons. The van der Waals surface area contributed by atoms with Crippen molar-refractivity contribution >= 4 is 24.3 Å². The highest BCUT2D eigenvalue weighted by molar-refractivity contribution is 5.93. The van der Waals surface area contributed by atoms with E-state index in [2.05, 4.69) is 15.5 Å². The molecule has 7 nitrogen and oxygen atoms in total. The van der Waals surface area contributed by atoms with Crippen molar-refractivity contribution in [3.05, 3.63) is 29.8 Å². The first kappa shape index (κ1) is 19.2. The number of halogens is 1. The number of hydrogen-bond acceptors (Lipinski definition) is 5. The van der Waals surface area contributed by atoms with Gasteiger partial charge in [0.25, 0.3) is 0 Å². The summed E-state index contributed by atoms with van der Waals surface area (Å²) in [6.07, 6.45) is 0.231. The highest BCUT2D eigenvalue weighted by Gasteiger charge is 2.26. The second-order valence-corrected chi connectivity index (χ2v) is 5.16. The van der Waals surface area contributed by atoms with Gasteiger partial charge in [-0.3, -0.25) is 15.0 Å². The van der Waals surface area contributed by atoms with E-state index in [9.17, 15) is 9.59 Å². The second kappa shape index (κ2) is 9.34. The number of benzene rings is 1. The molecule has 0 bridgehead atoms. The average Bonchev–Trinajstić information content (AvgIpc) is 2.52. The van der Waals surface area contributed by atoms with Crippen LogP contribution in [0, 0.1) is 0 Å². The zero-order valence-corrected chi connectivity index (χ0v) is 13.9. The molecule has 0 aliphatic carbocycles. The van der Waals surface area contributed by atoms with Crippen molar-refractivity contribution in [1.29, 1.82) is 0 Å². The summed E-state index contributed by atoms with van der Waals surface area (Å²) in [5.41, 5.74) is 6.04. The number of ether oxygens (including phenoxy) is 1. The SMILES string of the molecule is COc1ccccc1C1CNCCN1CCC(=O)NC(N)=O.Cl. The van der Waals surface area contributed by atoms with E-state index in [4.69, 9.17) is 10.5 Å². The fraction of sp³-hybridized carbons (Fsp3) is 0.467. The Labute approximate surface area is 141 Å². The van der Waals surface area contributed by atoms with Gasteiger partial charge in [0.15, 0.2) is 0 Å². The molecule has 3 amide bonds. The Balaban J connectivity index is 0.00000264. The molecular weight excluding hydrogens is 320 g/mol. The van der Waals surface area contributed by atoms with Gasteiger partial charge >= 0.3 is 6.03 Å². The Bertz CT molecular complexity index is 541. The molecule has 0 spiro atoms. The van der Waals surface area contributed by atoms with Gasteiger partial charge in [0, 0.05) is 38.2 Å². The van der Waals surface area contributed by atoms with Crippen molar-refractivity contribution in [3.63, 3.8) is 0 Å². The first-order chi connectivity index (χ1) is 10.6. The minimum absolute atomic E-state index is 0. The van der Waals surface area contributed by atoms with Crippen LogP contribution < -0.4 is 21.1 Å². The summed E-state index contributed by atoms with van der Waals surface area (Å²) in [6, 6.07) is 7.20. The molecule has 1 fully saturated rings. The maximum Gasteiger partial charge on any atom is 0.318 e. The Morgan fingerprint density at radius 3 is 2.87 bits per heavy atom. The minimum Gasteiger partial charge on any atom is -0.496 e. The van der Waals surface area contributed by atoms with Crippen LogP contribution in [0.5, 0.6) is 5.75 Å². The largest absolute Gasteiger partial charge is 0.496 e. The number of nitrogens with two attached hydrogens (primary N) is 1. The molecular formula is C15H23ClN4O3. The summed E-state index contributed by atoms with van der Waals surface area (Å²) in [5, 5.41) is 5.46. The van der Waals surface area contributed by atoms with Crippen LogP contribution in [0.4, 0.5) is 4.79 Å². The molecule has 0 saturated carbocycles. The van der Waals surface area contributed by atoms with E-state index in [1.807, 2.05) is 24.3 Å². The van der Waals surface area contributed by atoms with E-state index in [0.717, 1.165) is 30.9 Å². The van der Waals surface area contributed by atoms with Crippen LogP contribution in [0.2, 0.25) is 0 Å². The molecule has 23 heavy (non-hydrogen) atoms. The first-order valence-corrected chi connectivity index (χ1v) is 7.28. The number of hydrogen-bond donors (Lipinski definition) is 3.